The predicted octanol–water partition coefficient (Wildman–Crippen LogP) is 5.78. The van der Waals surface area contributed by atoms with Crippen molar-refractivity contribution in [1.29, 1.82) is 0 Å². The molecule has 1 fully saturated rings. The molecule has 1 N–H and O–H groups in total. The molecule has 3 aromatic rings. The summed E-state index contributed by atoms with van der Waals surface area (Å²) in [6, 6.07) is 20.4. The third-order valence-corrected chi connectivity index (χ3v) is 5.94. The average molecular weight is 332 g/mol. The van der Waals surface area contributed by atoms with Crippen LogP contribution in [0.15, 0.2) is 60.8 Å². The standard InChI is InChI=1S/C23H28N2/c1-17(2)19-12-14-25(23(15-19)18-7-4-3-5-8-18)16-20-9-6-10-22-21(20)11-13-24-22/h3-11,13,17,19,23-24H,12,14-16H2,1-2H3. The molecular formula is C23H28N2. The van der Waals surface area contributed by atoms with Crippen LogP contribution in [0.4, 0.5) is 0 Å². The van der Waals surface area contributed by atoms with Crippen molar-refractivity contribution in [3.05, 3.63) is 71.9 Å². The Morgan fingerprint density at radius 2 is 1.88 bits per heavy atom. The summed E-state index contributed by atoms with van der Waals surface area (Å²) >= 11 is 0. The Kier molecular flexibility index (Phi) is 4.63. The maximum Gasteiger partial charge on any atom is 0.0457 e. The molecule has 2 unspecified atom stereocenters. The largest absolute Gasteiger partial charge is 0.361 e. The van der Waals surface area contributed by atoms with E-state index in [1.807, 2.05) is 6.20 Å². The Balaban J connectivity index is 1.63. The number of aromatic nitrogens is 1. The average Bonchev–Trinajstić information content (AvgIpc) is 3.12. The van der Waals surface area contributed by atoms with E-state index in [1.54, 1.807) is 0 Å². The van der Waals surface area contributed by atoms with Gasteiger partial charge < -0.3 is 4.98 Å². The first-order valence-corrected chi connectivity index (χ1v) is 9.56. The van der Waals surface area contributed by atoms with E-state index in [1.165, 1.54) is 41.4 Å². The van der Waals surface area contributed by atoms with Crippen molar-refractivity contribution in [3.63, 3.8) is 0 Å². The molecular weight excluding hydrogens is 304 g/mol. The summed E-state index contributed by atoms with van der Waals surface area (Å²) in [5.41, 5.74) is 4.14. The summed E-state index contributed by atoms with van der Waals surface area (Å²) in [5, 5.41) is 1.36. The second-order valence-corrected chi connectivity index (χ2v) is 7.78. The van der Waals surface area contributed by atoms with E-state index in [-0.39, 0.29) is 0 Å². The van der Waals surface area contributed by atoms with E-state index in [0.717, 1.165) is 18.4 Å². The molecule has 2 heteroatoms. The molecule has 130 valence electrons. The molecule has 2 heterocycles. The monoisotopic (exact) mass is 332 g/mol. The number of nitrogens with zero attached hydrogens (tertiary/aromatic N) is 1. The van der Waals surface area contributed by atoms with Gasteiger partial charge in [0.2, 0.25) is 0 Å². The van der Waals surface area contributed by atoms with E-state index >= 15 is 0 Å². The number of hydrogen-bond acceptors (Lipinski definition) is 1. The van der Waals surface area contributed by atoms with Gasteiger partial charge in [0.15, 0.2) is 0 Å². The van der Waals surface area contributed by atoms with Crippen LogP contribution < -0.4 is 0 Å². The quantitative estimate of drug-likeness (QED) is 0.642. The molecule has 1 aromatic heterocycles. The number of nitrogens with one attached hydrogen (secondary N) is 1. The number of H-pyrrole nitrogens is 1. The van der Waals surface area contributed by atoms with Gasteiger partial charge >= 0.3 is 0 Å². The Labute approximate surface area is 150 Å². The van der Waals surface area contributed by atoms with Crippen molar-refractivity contribution in [1.82, 2.24) is 9.88 Å². The molecule has 0 amide bonds. The summed E-state index contributed by atoms with van der Waals surface area (Å²) in [6.07, 6.45) is 4.63. The Hall–Kier alpha value is -2.06. The number of fused-ring (bicyclic) bond motifs is 1. The lowest BCUT2D eigenvalue weighted by Crippen LogP contribution is -2.37. The smallest absolute Gasteiger partial charge is 0.0457 e. The zero-order chi connectivity index (χ0) is 17.2. The molecule has 2 aromatic carbocycles. The maximum atomic E-state index is 3.34. The highest BCUT2D eigenvalue weighted by molar-refractivity contribution is 5.82. The van der Waals surface area contributed by atoms with Crippen LogP contribution in [0.25, 0.3) is 10.9 Å². The fourth-order valence-corrected chi connectivity index (χ4v) is 4.37. The molecule has 0 bridgehead atoms. The van der Waals surface area contributed by atoms with Gasteiger partial charge in [-0.15, -0.1) is 0 Å². The van der Waals surface area contributed by atoms with Crippen LogP contribution in [-0.4, -0.2) is 16.4 Å². The van der Waals surface area contributed by atoms with Crippen LogP contribution in [0, 0.1) is 11.8 Å². The van der Waals surface area contributed by atoms with Gasteiger partial charge in [0.1, 0.15) is 0 Å². The molecule has 0 saturated carbocycles. The summed E-state index contributed by atoms with van der Waals surface area (Å²) in [6.45, 7) is 6.97. The van der Waals surface area contributed by atoms with E-state index in [2.05, 4.69) is 78.3 Å². The second kappa shape index (κ2) is 7.05. The van der Waals surface area contributed by atoms with Gasteiger partial charge in [0.05, 0.1) is 0 Å². The van der Waals surface area contributed by atoms with E-state index in [9.17, 15) is 0 Å². The van der Waals surface area contributed by atoms with Crippen LogP contribution in [0.3, 0.4) is 0 Å². The van der Waals surface area contributed by atoms with E-state index < -0.39 is 0 Å². The molecule has 0 radical (unpaired) electrons. The Morgan fingerprint density at radius 3 is 2.68 bits per heavy atom. The van der Waals surface area contributed by atoms with Gasteiger partial charge in [0.25, 0.3) is 0 Å². The Morgan fingerprint density at radius 1 is 1.04 bits per heavy atom. The van der Waals surface area contributed by atoms with Crippen LogP contribution in [0.5, 0.6) is 0 Å². The zero-order valence-corrected chi connectivity index (χ0v) is 15.3. The first kappa shape index (κ1) is 16.4. The topological polar surface area (TPSA) is 19.0 Å². The first-order chi connectivity index (χ1) is 12.2. The maximum absolute atomic E-state index is 3.34. The van der Waals surface area contributed by atoms with Gasteiger partial charge in [-0.05, 0) is 54.5 Å². The van der Waals surface area contributed by atoms with Gasteiger partial charge in [-0.25, -0.2) is 0 Å². The van der Waals surface area contributed by atoms with Crippen LogP contribution in [-0.2, 0) is 6.54 Å². The normalized spacial score (nSPS) is 21.9. The molecule has 1 aliphatic heterocycles. The molecule has 1 aliphatic rings. The van der Waals surface area contributed by atoms with E-state index in [0.29, 0.717) is 6.04 Å². The van der Waals surface area contributed by atoms with Crippen LogP contribution >= 0.6 is 0 Å². The van der Waals surface area contributed by atoms with E-state index in [4.69, 9.17) is 0 Å². The number of piperidine rings is 1. The van der Waals surface area contributed by atoms with Gasteiger partial charge in [0, 0.05) is 29.7 Å². The first-order valence-electron chi connectivity index (χ1n) is 9.56. The fraction of sp³-hybridized carbons (Fsp3) is 0.391. The molecule has 25 heavy (non-hydrogen) atoms. The molecule has 0 aliphatic carbocycles. The van der Waals surface area contributed by atoms with Crippen LogP contribution in [0.2, 0.25) is 0 Å². The number of rotatable bonds is 4. The SMILES string of the molecule is CC(C)C1CCN(Cc2cccc3[nH]ccc23)C(c2ccccc2)C1. The molecule has 4 rings (SSSR count). The lowest BCUT2D eigenvalue weighted by atomic mass is 9.80. The predicted molar refractivity (Wildman–Crippen MR) is 105 cm³/mol. The van der Waals surface area contributed by atoms with Gasteiger partial charge in [-0.3, -0.25) is 4.90 Å². The summed E-state index contributed by atoms with van der Waals surface area (Å²) in [5.74, 6) is 1.59. The Bertz CT molecular complexity index is 818. The highest BCUT2D eigenvalue weighted by Crippen LogP contribution is 2.38. The molecule has 2 atom stereocenters. The highest BCUT2D eigenvalue weighted by Gasteiger charge is 2.31. The summed E-state index contributed by atoms with van der Waals surface area (Å²) < 4.78 is 0. The minimum Gasteiger partial charge on any atom is -0.361 e. The third-order valence-electron chi connectivity index (χ3n) is 5.94. The number of hydrogen-bond donors (Lipinski definition) is 1. The summed E-state index contributed by atoms with van der Waals surface area (Å²) in [4.78, 5) is 6.03. The number of benzene rings is 2. The number of aromatic amines is 1. The molecule has 2 nitrogen and oxygen atoms in total. The van der Waals surface area contributed by atoms with Crippen molar-refractivity contribution < 1.29 is 0 Å². The van der Waals surface area contributed by atoms with Gasteiger partial charge in [-0.1, -0.05) is 56.3 Å². The second-order valence-electron chi connectivity index (χ2n) is 7.78. The molecule has 1 saturated heterocycles. The minimum absolute atomic E-state index is 0.525. The highest BCUT2D eigenvalue weighted by atomic mass is 15.2. The van der Waals surface area contributed by atoms with Crippen molar-refractivity contribution in [2.45, 2.75) is 39.3 Å². The molecule has 0 spiro atoms. The minimum atomic E-state index is 0.525. The van der Waals surface area contributed by atoms with Crippen molar-refractivity contribution in [3.8, 4) is 0 Å². The van der Waals surface area contributed by atoms with Crippen molar-refractivity contribution in [2.75, 3.05) is 6.54 Å². The fourth-order valence-electron chi connectivity index (χ4n) is 4.37. The van der Waals surface area contributed by atoms with Crippen molar-refractivity contribution in [2.24, 2.45) is 11.8 Å². The lowest BCUT2D eigenvalue weighted by Gasteiger charge is -2.41. The van der Waals surface area contributed by atoms with Gasteiger partial charge in [-0.2, -0.15) is 0 Å². The van der Waals surface area contributed by atoms with Crippen LogP contribution in [0.1, 0.15) is 43.9 Å². The number of likely N-dealkylation sites (tertiary alicyclic amines) is 1. The third kappa shape index (κ3) is 3.36. The zero-order valence-electron chi connectivity index (χ0n) is 15.3. The summed E-state index contributed by atoms with van der Waals surface area (Å²) in [7, 11) is 0. The lowest BCUT2D eigenvalue weighted by molar-refractivity contribution is 0.0864. The van der Waals surface area contributed by atoms with Crippen molar-refractivity contribution >= 4 is 10.9 Å².